The van der Waals surface area contributed by atoms with Crippen molar-refractivity contribution < 1.29 is 0 Å². The quantitative estimate of drug-likeness (QED) is 0.794. The molecule has 2 N–H and O–H groups in total. The van der Waals surface area contributed by atoms with Crippen molar-refractivity contribution >= 4 is 5.95 Å². The van der Waals surface area contributed by atoms with Gasteiger partial charge in [0.1, 0.15) is 0 Å². The number of nitrogens with zero attached hydrogens (tertiary/aromatic N) is 2. The zero-order valence-electron chi connectivity index (χ0n) is 8.70. The molecule has 0 saturated carbocycles. The van der Waals surface area contributed by atoms with Gasteiger partial charge in [-0.3, -0.25) is 0 Å². The topological polar surface area (TPSA) is 53.6 Å². The minimum Gasteiger partial charge on any atom is -0.365 e. The molecule has 0 aromatic carbocycles. The number of aryl methyl sites for hydroxylation is 1. The number of H-pyrrole nitrogens is 1. The van der Waals surface area contributed by atoms with Crippen molar-refractivity contribution in [3.05, 3.63) is 42.0 Å². The molecule has 0 saturated heterocycles. The summed E-state index contributed by atoms with van der Waals surface area (Å²) in [7, 11) is 0. The van der Waals surface area contributed by atoms with E-state index in [1.807, 2.05) is 25.3 Å². The van der Waals surface area contributed by atoms with E-state index in [4.69, 9.17) is 0 Å². The van der Waals surface area contributed by atoms with Crippen molar-refractivity contribution in [2.24, 2.45) is 0 Å². The monoisotopic (exact) mass is 202 g/mol. The summed E-state index contributed by atoms with van der Waals surface area (Å²) in [6.07, 6.45) is 4.64. The van der Waals surface area contributed by atoms with Crippen LogP contribution >= 0.6 is 0 Å². The van der Waals surface area contributed by atoms with Crippen LogP contribution < -0.4 is 5.32 Å². The molecule has 0 bridgehead atoms. The summed E-state index contributed by atoms with van der Waals surface area (Å²) >= 11 is 0. The molecule has 4 heteroatoms. The Bertz CT molecular complexity index is 408. The number of hydrogen-bond acceptors (Lipinski definition) is 3. The van der Waals surface area contributed by atoms with E-state index in [-0.39, 0.29) is 0 Å². The van der Waals surface area contributed by atoms with Crippen LogP contribution in [0.3, 0.4) is 0 Å². The van der Waals surface area contributed by atoms with Crippen LogP contribution in [0, 0.1) is 6.92 Å². The highest BCUT2D eigenvalue weighted by molar-refractivity contribution is 5.24. The second kappa shape index (κ2) is 4.59. The molecule has 0 fully saturated rings. The summed E-state index contributed by atoms with van der Waals surface area (Å²) in [6.45, 7) is 2.79. The zero-order valence-corrected chi connectivity index (χ0v) is 8.70. The maximum atomic E-state index is 4.26. The van der Waals surface area contributed by atoms with Crippen LogP contribution in [0.1, 0.15) is 11.4 Å². The van der Waals surface area contributed by atoms with E-state index < -0.39 is 0 Å². The fourth-order valence-electron chi connectivity index (χ4n) is 1.37. The second-order valence-electron chi connectivity index (χ2n) is 3.39. The Labute approximate surface area is 88.8 Å². The molecule has 0 atom stereocenters. The van der Waals surface area contributed by atoms with Crippen molar-refractivity contribution in [3.8, 4) is 0 Å². The molecule has 0 spiro atoms. The van der Waals surface area contributed by atoms with Crippen LogP contribution in [0.25, 0.3) is 0 Å². The summed E-state index contributed by atoms with van der Waals surface area (Å²) in [4.78, 5) is 11.5. The van der Waals surface area contributed by atoms with Gasteiger partial charge in [-0.2, -0.15) is 0 Å². The van der Waals surface area contributed by atoms with Gasteiger partial charge in [0.2, 0.25) is 5.95 Å². The Balaban J connectivity index is 1.83. The largest absolute Gasteiger partial charge is 0.365 e. The molecule has 4 nitrogen and oxygen atoms in total. The van der Waals surface area contributed by atoms with Gasteiger partial charge < -0.3 is 10.3 Å². The summed E-state index contributed by atoms with van der Waals surface area (Å²) in [5.74, 6) is 0.696. The van der Waals surface area contributed by atoms with E-state index in [2.05, 4.69) is 26.3 Å². The van der Waals surface area contributed by atoms with Gasteiger partial charge in [-0.1, -0.05) is 0 Å². The first-order chi connectivity index (χ1) is 7.34. The van der Waals surface area contributed by atoms with Gasteiger partial charge >= 0.3 is 0 Å². The van der Waals surface area contributed by atoms with Gasteiger partial charge in [0, 0.05) is 36.7 Å². The van der Waals surface area contributed by atoms with Gasteiger partial charge in [0.05, 0.1) is 0 Å². The Morgan fingerprint density at radius 2 is 2.33 bits per heavy atom. The minimum atomic E-state index is 0.696. The summed E-state index contributed by atoms with van der Waals surface area (Å²) in [5.41, 5.74) is 2.20. The van der Waals surface area contributed by atoms with Crippen molar-refractivity contribution in [2.45, 2.75) is 13.3 Å². The molecule has 2 heterocycles. The number of hydrogen-bond donors (Lipinski definition) is 2. The molecular weight excluding hydrogens is 188 g/mol. The van der Waals surface area contributed by atoms with Gasteiger partial charge in [0.15, 0.2) is 0 Å². The molecule has 78 valence electrons. The van der Waals surface area contributed by atoms with Crippen molar-refractivity contribution in [2.75, 3.05) is 11.9 Å². The van der Waals surface area contributed by atoms with E-state index in [9.17, 15) is 0 Å². The first kappa shape index (κ1) is 9.71. The van der Waals surface area contributed by atoms with E-state index in [1.165, 1.54) is 5.69 Å². The van der Waals surface area contributed by atoms with E-state index in [1.54, 1.807) is 6.20 Å². The molecule has 15 heavy (non-hydrogen) atoms. The average Bonchev–Trinajstić information content (AvgIpc) is 2.71. The third-order valence-electron chi connectivity index (χ3n) is 2.13. The summed E-state index contributed by atoms with van der Waals surface area (Å²) in [5, 5.41) is 3.18. The molecule has 0 amide bonds. The molecule has 0 aliphatic heterocycles. The van der Waals surface area contributed by atoms with Crippen molar-refractivity contribution in [3.63, 3.8) is 0 Å². The van der Waals surface area contributed by atoms with Gasteiger partial charge in [0.25, 0.3) is 0 Å². The predicted molar refractivity (Wildman–Crippen MR) is 59.8 cm³/mol. The van der Waals surface area contributed by atoms with Crippen LogP contribution in [0.5, 0.6) is 0 Å². The Morgan fingerprint density at radius 1 is 1.40 bits per heavy atom. The third kappa shape index (κ3) is 2.80. The minimum absolute atomic E-state index is 0.696. The first-order valence-electron chi connectivity index (χ1n) is 5.00. The lowest BCUT2D eigenvalue weighted by molar-refractivity contribution is 0.947. The fraction of sp³-hybridized carbons (Fsp3) is 0.273. The van der Waals surface area contributed by atoms with Crippen molar-refractivity contribution in [1.82, 2.24) is 15.0 Å². The van der Waals surface area contributed by atoms with Crippen LogP contribution in [0.2, 0.25) is 0 Å². The van der Waals surface area contributed by atoms with Gasteiger partial charge in [-0.15, -0.1) is 0 Å². The van der Waals surface area contributed by atoms with Crippen molar-refractivity contribution in [1.29, 1.82) is 0 Å². The lowest BCUT2D eigenvalue weighted by atomic mass is 10.3. The summed E-state index contributed by atoms with van der Waals surface area (Å²) < 4.78 is 0. The highest BCUT2D eigenvalue weighted by atomic mass is 15.1. The maximum absolute atomic E-state index is 4.26. The zero-order chi connectivity index (χ0) is 10.5. The number of anilines is 1. The van der Waals surface area contributed by atoms with Crippen LogP contribution in [-0.4, -0.2) is 21.5 Å². The van der Waals surface area contributed by atoms with E-state index >= 15 is 0 Å². The first-order valence-corrected chi connectivity index (χ1v) is 5.00. The third-order valence-corrected chi connectivity index (χ3v) is 2.13. The van der Waals surface area contributed by atoms with E-state index in [0.29, 0.717) is 5.95 Å². The average molecular weight is 202 g/mol. The number of aromatic amines is 1. The highest BCUT2D eigenvalue weighted by Crippen LogP contribution is 2.00. The summed E-state index contributed by atoms with van der Waals surface area (Å²) in [6, 6.07) is 5.95. The predicted octanol–water partition coefficient (Wildman–Crippen LogP) is 1.77. The number of rotatable bonds is 4. The Kier molecular flexibility index (Phi) is 2.97. The van der Waals surface area contributed by atoms with E-state index in [0.717, 1.165) is 18.7 Å². The molecule has 0 aliphatic rings. The number of aromatic nitrogens is 3. The van der Waals surface area contributed by atoms with Crippen LogP contribution in [0.15, 0.2) is 30.6 Å². The molecule has 0 radical (unpaired) electrons. The molecule has 2 aromatic rings. The number of nitrogens with one attached hydrogen (secondary N) is 2. The molecular formula is C11H14N4. The Morgan fingerprint density at radius 3 is 3.07 bits per heavy atom. The van der Waals surface area contributed by atoms with Gasteiger partial charge in [-0.05, 0) is 25.1 Å². The van der Waals surface area contributed by atoms with Gasteiger partial charge in [-0.25, -0.2) is 9.97 Å². The molecule has 2 aromatic heterocycles. The molecule has 2 rings (SSSR count). The standard InChI is InChI=1S/C11H14N4/c1-9-4-7-13-11(15-9)14-8-5-10-3-2-6-12-10/h2-4,6-7,12H,5,8H2,1H3,(H,13,14,15). The van der Waals surface area contributed by atoms with Crippen LogP contribution in [0.4, 0.5) is 5.95 Å². The molecule has 0 aliphatic carbocycles. The lowest BCUT2D eigenvalue weighted by Gasteiger charge is -2.03. The normalized spacial score (nSPS) is 10.2. The SMILES string of the molecule is Cc1ccnc(NCCc2ccc[nH]2)n1. The lowest BCUT2D eigenvalue weighted by Crippen LogP contribution is -2.08. The highest BCUT2D eigenvalue weighted by Gasteiger charge is 1.96. The smallest absolute Gasteiger partial charge is 0.222 e. The fourth-order valence-corrected chi connectivity index (χ4v) is 1.37. The maximum Gasteiger partial charge on any atom is 0.222 e. The second-order valence-corrected chi connectivity index (χ2v) is 3.39. The van der Waals surface area contributed by atoms with Crippen LogP contribution in [-0.2, 0) is 6.42 Å². The Hall–Kier alpha value is -1.84. The molecule has 0 unspecified atom stereocenters.